The topological polar surface area (TPSA) is 84.0 Å². The maximum atomic E-state index is 12.1. The summed E-state index contributed by atoms with van der Waals surface area (Å²) in [4.78, 5) is 16.0. The van der Waals surface area contributed by atoms with E-state index in [1.54, 1.807) is 7.11 Å². The van der Waals surface area contributed by atoms with Crippen LogP contribution in [0.25, 0.3) is 5.70 Å². The lowest BCUT2D eigenvalue weighted by atomic mass is 10.3. The average Bonchev–Trinajstić information content (AvgIpc) is 2.89. The molecule has 130 valence electrons. The van der Waals surface area contributed by atoms with Gasteiger partial charge in [-0.05, 0) is 27.1 Å². The van der Waals surface area contributed by atoms with Crippen molar-refractivity contribution in [2.24, 2.45) is 0 Å². The van der Waals surface area contributed by atoms with Crippen LogP contribution in [0.5, 0.6) is 0 Å². The molecule has 0 bridgehead atoms. The highest BCUT2D eigenvalue weighted by atomic mass is 16.5. The second kappa shape index (κ2) is 9.22. The molecule has 0 fully saturated rings. The van der Waals surface area contributed by atoms with Gasteiger partial charge in [-0.3, -0.25) is 4.79 Å². The first-order valence-electron chi connectivity index (χ1n) is 7.58. The highest BCUT2D eigenvalue weighted by Crippen LogP contribution is 2.26. The number of nitrogen functional groups attached to an aromatic ring is 1. The lowest BCUT2D eigenvalue weighted by molar-refractivity contribution is 0.0923. The Kier molecular flexibility index (Phi) is 7.64. The molecular formula is C16H28N4O3. The van der Waals surface area contributed by atoms with Crippen LogP contribution in [0.1, 0.15) is 22.7 Å². The number of ether oxygens (including phenoxy) is 1. The van der Waals surface area contributed by atoms with Gasteiger partial charge >= 0.3 is 0 Å². The third-order valence-corrected chi connectivity index (χ3v) is 3.41. The van der Waals surface area contributed by atoms with Gasteiger partial charge in [-0.15, -0.1) is 0 Å². The molecule has 23 heavy (non-hydrogen) atoms. The van der Waals surface area contributed by atoms with Crippen LogP contribution in [0.4, 0.5) is 5.69 Å². The van der Waals surface area contributed by atoms with Gasteiger partial charge in [-0.25, -0.2) is 0 Å². The Balaban J connectivity index is 2.63. The van der Waals surface area contributed by atoms with Crippen molar-refractivity contribution < 1.29 is 13.9 Å². The fraction of sp³-hybridized carbons (Fsp3) is 0.562. The number of hydrogen-bond acceptors (Lipinski definition) is 6. The van der Waals surface area contributed by atoms with E-state index in [0.717, 1.165) is 13.0 Å². The second-order valence-electron chi connectivity index (χ2n) is 5.67. The monoisotopic (exact) mass is 324 g/mol. The minimum Gasteiger partial charge on any atom is -0.447 e. The fourth-order valence-corrected chi connectivity index (χ4v) is 1.96. The van der Waals surface area contributed by atoms with Gasteiger partial charge in [0.15, 0.2) is 11.5 Å². The van der Waals surface area contributed by atoms with Gasteiger partial charge in [0, 0.05) is 33.3 Å². The van der Waals surface area contributed by atoms with Gasteiger partial charge in [0.2, 0.25) is 0 Å². The summed E-state index contributed by atoms with van der Waals surface area (Å²) in [6.07, 6.45) is 0.869. The van der Waals surface area contributed by atoms with Crippen molar-refractivity contribution >= 4 is 17.3 Å². The molecule has 0 spiro atoms. The number of hydrogen-bond donors (Lipinski definition) is 2. The Bertz CT molecular complexity index is 525. The van der Waals surface area contributed by atoms with E-state index < -0.39 is 0 Å². The third kappa shape index (κ3) is 5.96. The second-order valence-corrected chi connectivity index (χ2v) is 5.67. The Morgan fingerprint density at radius 3 is 2.70 bits per heavy atom. The molecule has 1 heterocycles. The Hall–Kier alpha value is -1.99. The van der Waals surface area contributed by atoms with Crippen LogP contribution in [0.3, 0.4) is 0 Å². The number of rotatable bonds is 10. The van der Waals surface area contributed by atoms with Crippen LogP contribution in [0.2, 0.25) is 0 Å². The van der Waals surface area contributed by atoms with E-state index in [4.69, 9.17) is 14.9 Å². The van der Waals surface area contributed by atoms with E-state index in [9.17, 15) is 4.79 Å². The van der Waals surface area contributed by atoms with E-state index in [1.807, 2.05) is 26.0 Å². The summed E-state index contributed by atoms with van der Waals surface area (Å²) in [5.74, 6) is 0.347. The van der Waals surface area contributed by atoms with Crippen molar-refractivity contribution in [1.82, 2.24) is 15.1 Å². The SMILES string of the molecule is C=C(c1oc(C(=O)NCCCN(C)C)cc1N)N(C)CCOC. The van der Waals surface area contributed by atoms with Gasteiger partial charge in [0.05, 0.1) is 18.0 Å². The third-order valence-electron chi connectivity index (χ3n) is 3.41. The van der Waals surface area contributed by atoms with Crippen LogP contribution in [0.15, 0.2) is 17.1 Å². The molecule has 0 aliphatic carbocycles. The van der Waals surface area contributed by atoms with Gasteiger partial charge < -0.3 is 30.0 Å². The van der Waals surface area contributed by atoms with E-state index in [2.05, 4.69) is 16.8 Å². The first-order chi connectivity index (χ1) is 10.9. The summed E-state index contributed by atoms with van der Waals surface area (Å²) in [5, 5.41) is 2.82. The molecule has 1 aromatic rings. The van der Waals surface area contributed by atoms with Crippen molar-refractivity contribution in [3.8, 4) is 0 Å². The largest absolute Gasteiger partial charge is 0.447 e. The number of amides is 1. The molecule has 0 unspecified atom stereocenters. The quantitative estimate of drug-likeness (QED) is 0.627. The number of nitrogens with one attached hydrogen (secondary N) is 1. The summed E-state index contributed by atoms with van der Waals surface area (Å²) in [6, 6.07) is 1.53. The molecule has 7 heteroatoms. The number of methoxy groups -OCH3 is 1. The Morgan fingerprint density at radius 1 is 1.39 bits per heavy atom. The van der Waals surface area contributed by atoms with Crippen molar-refractivity contribution in [3.05, 3.63) is 24.2 Å². The van der Waals surface area contributed by atoms with E-state index in [-0.39, 0.29) is 11.7 Å². The standard InChI is InChI=1S/C16H28N4O3/c1-12(20(4)9-10-22-5)15-13(17)11-14(23-15)16(21)18-7-6-8-19(2)3/h11H,1,6-10,17H2,2-5H3,(H,18,21). The summed E-state index contributed by atoms with van der Waals surface area (Å²) >= 11 is 0. The molecule has 1 amide bonds. The van der Waals surface area contributed by atoms with E-state index in [1.165, 1.54) is 6.07 Å². The number of anilines is 1. The predicted molar refractivity (Wildman–Crippen MR) is 92.2 cm³/mol. The van der Waals surface area contributed by atoms with E-state index in [0.29, 0.717) is 36.8 Å². The molecule has 0 saturated carbocycles. The van der Waals surface area contributed by atoms with Crippen LogP contribution in [-0.2, 0) is 4.74 Å². The maximum absolute atomic E-state index is 12.1. The van der Waals surface area contributed by atoms with Crippen LogP contribution < -0.4 is 11.1 Å². The van der Waals surface area contributed by atoms with Crippen molar-refractivity contribution in [1.29, 1.82) is 0 Å². The van der Waals surface area contributed by atoms with Gasteiger partial charge in [0.25, 0.3) is 5.91 Å². The van der Waals surface area contributed by atoms with Gasteiger partial charge in [-0.1, -0.05) is 6.58 Å². The molecule has 0 aliphatic rings. The number of nitrogens with two attached hydrogens (primary N) is 1. The highest BCUT2D eigenvalue weighted by molar-refractivity contribution is 5.93. The zero-order valence-corrected chi connectivity index (χ0v) is 14.5. The zero-order valence-electron chi connectivity index (χ0n) is 14.5. The fourth-order valence-electron chi connectivity index (χ4n) is 1.96. The molecule has 0 saturated heterocycles. The maximum Gasteiger partial charge on any atom is 0.287 e. The number of nitrogens with zero attached hydrogens (tertiary/aromatic N) is 2. The first kappa shape index (κ1) is 19.1. The molecule has 1 aromatic heterocycles. The number of carbonyl (C=O) groups is 1. The lowest BCUT2D eigenvalue weighted by Crippen LogP contribution is -2.26. The summed E-state index contributed by atoms with van der Waals surface area (Å²) < 4.78 is 10.6. The number of carbonyl (C=O) groups excluding carboxylic acids is 1. The van der Waals surface area contributed by atoms with Crippen molar-refractivity contribution in [2.75, 3.05) is 60.2 Å². The average molecular weight is 324 g/mol. The highest BCUT2D eigenvalue weighted by Gasteiger charge is 2.18. The van der Waals surface area contributed by atoms with Gasteiger partial charge in [-0.2, -0.15) is 0 Å². The van der Waals surface area contributed by atoms with Crippen LogP contribution >= 0.6 is 0 Å². The lowest BCUT2D eigenvalue weighted by Gasteiger charge is -2.19. The normalized spacial score (nSPS) is 10.8. The molecule has 0 radical (unpaired) electrons. The predicted octanol–water partition coefficient (Wildman–Crippen LogP) is 1.09. The number of likely N-dealkylation sites (N-methyl/N-ethyl adjacent to an activating group) is 1. The van der Waals surface area contributed by atoms with Crippen molar-refractivity contribution in [3.63, 3.8) is 0 Å². The van der Waals surface area contributed by atoms with E-state index >= 15 is 0 Å². The van der Waals surface area contributed by atoms with Crippen LogP contribution in [0, 0.1) is 0 Å². The summed E-state index contributed by atoms with van der Waals surface area (Å²) in [7, 11) is 7.49. The van der Waals surface area contributed by atoms with Crippen LogP contribution in [-0.4, -0.2) is 70.2 Å². The minimum absolute atomic E-state index is 0.198. The summed E-state index contributed by atoms with van der Waals surface area (Å²) in [5.41, 5.74) is 6.96. The molecule has 0 aliphatic heterocycles. The molecule has 3 N–H and O–H groups in total. The zero-order chi connectivity index (χ0) is 17.4. The molecule has 7 nitrogen and oxygen atoms in total. The van der Waals surface area contributed by atoms with Crippen molar-refractivity contribution in [2.45, 2.75) is 6.42 Å². The first-order valence-corrected chi connectivity index (χ1v) is 7.58. The number of furan rings is 1. The Labute approximate surface area is 138 Å². The molecule has 0 aromatic carbocycles. The summed E-state index contributed by atoms with van der Waals surface area (Å²) in [6.45, 7) is 6.68. The van der Waals surface area contributed by atoms with Gasteiger partial charge in [0.1, 0.15) is 0 Å². The molecule has 0 atom stereocenters. The molecule has 1 rings (SSSR count). The minimum atomic E-state index is -0.269. The smallest absolute Gasteiger partial charge is 0.287 e. The Morgan fingerprint density at radius 2 is 2.09 bits per heavy atom. The molecular weight excluding hydrogens is 296 g/mol.